The highest BCUT2D eigenvalue weighted by molar-refractivity contribution is 5.57. The van der Waals surface area contributed by atoms with Gasteiger partial charge in [0.05, 0.1) is 12.2 Å². The second-order valence-corrected chi connectivity index (χ2v) is 4.86. The van der Waals surface area contributed by atoms with Crippen molar-refractivity contribution in [2.45, 2.75) is 18.5 Å². The minimum absolute atomic E-state index is 0.222. The average Bonchev–Trinajstić information content (AvgIpc) is 3.15. The minimum atomic E-state index is 0.222. The standard InChI is InChI=1S/C13H15N7/c14-18-16-7-11-6-12(8-15-11)20-9-13(17-19-20)10-4-2-1-3-5-10/h1-5,9,11-12,15H,6-8H2/t11-,12-/m0/s1. The summed E-state index contributed by atoms with van der Waals surface area (Å²) in [6.45, 7) is 1.30. The molecule has 0 aliphatic carbocycles. The molecule has 2 heterocycles. The summed E-state index contributed by atoms with van der Waals surface area (Å²) in [5.41, 5.74) is 10.3. The van der Waals surface area contributed by atoms with Gasteiger partial charge >= 0.3 is 0 Å². The summed E-state index contributed by atoms with van der Waals surface area (Å²) in [6, 6.07) is 10.5. The first kappa shape index (κ1) is 12.7. The van der Waals surface area contributed by atoms with Crippen LogP contribution in [0.25, 0.3) is 21.7 Å². The van der Waals surface area contributed by atoms with E-state index in [2.05, 4.69) is 25.7 Å². The highest BCUT2D eigenvalue weighted by Crippen LogP contribution is 2.22. The van der Waals surface area contributed by atoms with Crippen molar-refractivity contribution in [1.29, 1.82) is 0 Å². The Labute approximate surface area is 116 Å². The number of nitrogens with zero attached hydrogens (tertiary/aromatic N) is 6. The summed E-state index contributed by atoms with van der Waals surface area (Å²) < 4.78 is 1.89. The van der Waals surface area contributed by atoms with Crippen molar-refractivity contribution >= 4 is 0 Å². The lowest BCUT2D eigenvalue weighted by Crippen LogP contribution is -2.23. The molecular formula is C13H15N7. The summed E-state index contributed by atoms with van der Waals surface area (Å²) in [5.74, 6) is 0. The molecule has 1 aliphatic rings. The Morgan fingerprint density at radius 1 is 1.40 bits per heavy atom. The minimum Gasteiger partial charge on any atom is -0.312 e. The van der Waals surface area contributed by atoms with Crippen LogP contribution in [-0.2, 0) is 0 Å². The molecule has 102 valence electrons. The molecule has 0 bridgehead atoms. The third kappa shape index (κ3) is 2.64. The Balaban J connectivity index is 1.70. The van der Waals surface area contributed by atoms with E-state index in [9.17, 15) is 0 Å². The molecule has 0 amide bonds. The molecule has 2 aromatic rings. The lowest BCUT2D eigenvalue weighted by atomic mass is 10.1. The van der Waals surface area contributed by atoms with E-state index in [1.807, 2.05) is 41.2 Å². The third-order valence-corrected chi connectivity index (χ3v) is 3.52. The number of hydrogen-bond acceptors (Lipinski definition) is 4. The Hall–Kier alpha value is -2.37. The molecule has 1 fully saturated rings. The van der Waals surface area contributed by atoms with Crippen LogP contribution in [0.2, 0.25) is 0 Å². The van der Waals surface area contributed by atoms with Gasteiger partial charge in [0, 0.05) is 29.6 Å². The fourth-order valence-corrected chi connectivity index (χ4v) is 2.47. The van der Waals surface area contributed by atoms with Crippen LogP contribution in [0.5, 0.6) is 0 Å². The smallest absolute Gasteiger partial charge is 0.113 e. The van der Waals surface area contributed by atoms with Gasteiger partial charge in [0.15, 0.2) is 0 Å². The SMILES string of the molecule is [N-]=[N+]=NC[C@@H]1C[C@H](n2cc(-c3ccccc3)nn2)CN1. The van der Waals surface area contributed by atoms with E-state index in [0.717, 1.165) is 24.2 Å². The topological polar surface area (TPSA) is 91.5 Å². The molecule has 1 aliphatic heterocycles. The van der Waals surface area contributed by atoms with E-state index >= 15 is 0 Å². The van der Waals surface area contributed by atoms with Crippen molar-refractivity contribution < 1.29 is 0 Å². The molecule has 7 nitrogen and oxygen atoms in total. The molecule has 0 radical (unpaired) electrons. The first-order valence-corrected chi connectivity index (χ1v) is 6.58. The second kappa shape index (κ2) is 5.73. The van der Waals surface area contributed by atoms with E-state index in [0.29, 0.717) is 6.54 Å². The maximum absolute atomic E-state index is 8.34. The van der Waals surface area contributed by atoms with Gasteiger partial charge in [-0.15, -0.1) is 5.10 Å². The van der Waals surface area contributed by atoms with Crippen LogP contribution in [0.3, 0.4) is 0 Å². The number of azide groups is 1. The monoisotopic (exact) mass is 269 g/mol. The lowest BCUT2D eigenvalue weighted by Gasteiger charge is -2.07. The molecule has 0 spiro atoms. The molecule has 1 aromatic heterocycles. The van der Waals surface area contributed by atoms with Gasteiger partial charge in [-0.1, -0.05) is 40.7 Å². The largest absolute Gasteiger partial charge is 0.312 e. The first-order chi connectivity index (χ1) is 9.86. The van der Waals surface area contributed by atoms with E-state index in [1.54, 1.807) is 0 Å². The van der Waals surface area contributed by atoms with Crippen LogP contribution in [0, 0.1) is 0 Å². The molecule has 1 N–H and O–H groups in total. The van der Waals surface area contributed by atoms with Crippen LogP contribution in [0.4, 0.5) is 0 Å². The van der Waals surface area contributed by atoms with Crippen molar-refractivity contribution in [1.82, 2.24) is 20.3 Å². The highest BCUT2D eigenvalue weighted by atomic mass is 15.4. The molecular weight excluding hydrogens is 254 g/mol. The zero-order chi connectivity index (χ0) is 13.8. The fourth-order valence-electron chi connectivity index (χ4n) is 2.47. The van der Waals surface area contributed by atoms with Crippen molar-refractivity contribution in [2.75, 3.05) is 13.1 Å². The second-order valence-electron chi connectivity index (χ2n) is 4.86. The summed E-state index contributed by atoms with van der Waals surface area (Å²) in [5, 5.41) is 15.4. The Kier molecular flexibility index (Phi) is 3.62. The molecule has 0 saturated carbocycles. The normalized spacial score (nSPS) is 21.6. The van der Waals surface area contributed by atoms with Gasteiger partial charge in [0.1, 0.15) is 5.69 Å². The Bertz CT molecular complexity index is 615. The van der Waals surface area contributed by atoms with Gasteiger partial charge in [-0.25, -0.2) is 4.68 Å². The highest BCUT2D eigenvalue weighted by Gasteiger charge is 2.25. The van der Waals surface area contributed by atoms with Gasteiger partial charge in [0.2, 0.25) is 0 Å². The maximum atomic E-state index is 8.34. The summed E-state index contributed by atoms with van der Waals surface area (Å²) >= 11 is 0. The van der Waals surface area contributed by atoms with Gasteiger partial charge < -0.3 is 5.32 Å². The molecule has 2 atom stereocenters. The molecule has 0 unspecified atom stereocenters. The number of nitrogens with one attached hydrogen (secondary N) is 1. The molecule has 1 saturated heterocycles. The number of aromatic nitrogens is 3. The van der Waals surface area contributed by atoms with Gasteiger partial charge in [-0.3, -0.25) is 0 Å². The maximum Gasteiger partial charge on any atom is 0.113 e. The number of hydrogen-bond donors (Lipinski definition) is 1. The third-order valence-electron chi connectivity index (χ3n) is 3.52. The van der Waals surface area contributed by atoms with Crippen molar-refractivity contribution in [3.63, 3.8) is 0 Å². The lowest BCUT2D eigenvalue weighted by molar-refractivity contribution is 0.466. The number of rotatable bonds is 4. The Morgan fingerprint density at radius 3 is 3.05 bits per heavy atom. The predicted octanol–water partition coefficient (Wildman–Crippen LogP) is 2.16. The van der Waals surface area contributed by atoms with Crippen LogP contribution >= 0.6 is 0 Å². The zero-order valence-electron chi connectivity index (χ0n) is 10.9. The summed E-state index contributed by atoms with van der Waals surface area (Å²) in [7, 11) is 0. The van der Waals surface area contributed by atoms with Crippen LogP contribution in [-0.4, -0.2) is 34.1 Å². The van der Waals surface area contributed by atoms with Gasteiger partial charge in [0.25, 0.3) is 0 Å². The van der Waals surface area contributed by atoms with Gasteiger partial charge in [-0.05, 0) is 12.0 Å². The molecule has 20 heavy (non-hydrogen) atoms. The zero-order valence-corrected chi connectivity index (χ0v) is 10.9. The van der Waals surface area contributed by atoms with E-state index in [-0.39, 0.29) is 12.1 Å². The number of benzene rings is 1. The molecule has 7 heteroatoms. The van der Waals surface area contributed by atoms with E-state index in [4.69, 9.17) is 5.53 Å². The summed E-state index contributed by atoms with van der Waals surface area (Å²) in [4.78, 5) is 2.79. The van der Waals surface area contributed by atoms with Gasteiger partial charge in [-0.2, -0.15) is 0 Å². The van der Waals surface area contributed by atoms with Crippen LogP contribution in [0.1, 0.15) is 12.5 Å². The van der Waals surface area contributed by atoms with Crippen LogP contribution in [0.15, 0.2) is 41.6 Å². The Morgan fingerprint density at radius 2 is 2.25 bits per heavy atom. The van der Waals surface area contributed by atoms with E-state index < -0.39 is 0 Å². The molecule has 3 rings (SSSR count). The average molecular weight is 269 g/mol. The van der Waals surface area contributed by atoms with Crippen molar-refractivity contribution in [3.8, 4) is 11.3 Å². The predicted molar refractivity (Wildman–Crippen MR) is 74.9 cm³/mol. The van der Waals surface area contributed by atoms with Crippen LogP contribution < -0.4 is 5.32 Å². The van der Waals surface area contributed by atoms with Crippen molar-refractivity contribution in [3.05, 3.63) is 47.0 Å². The summed E-state index contributed by atoms with van der Waals surface area (Å²) in [6.07, 6.45) is 2.87. The van der Waals surface area contributed by atoms with E-state index in [1.165, 1.54) is 0 Å². The fraction of sp³-hybridized carbons (Fsp3) is 0.385. The molecule has 1 aromatic carbocycles. The van der Waals surface area contributed by atoms with Crippen molar-refractivity contribution in [2.24, 2.45) is 5.11 Å². The quantitative estimate of drug-likeness (QED) is 0.523. The first-order valence-electron chi connectivity index (χ1n) is 6.58.